The van der Waals surface area contributed by atoms with Crippen LogP contribution in [0.2, 0.25) is 0 Å². The summed E-state index contributed by atoms with van der Waals surface area (Å²) < 4.78 is 0. The highest BCUT2D eigenvalue weighted by Crippen LogP contribution is 2.27. The molecule has 1 fully saturated rings. The number of carbonyl (C=O) groups excluding carboxylic acids is 2. The third-order valence-electron chi connectivity index (χ3n) is 4.56. The molecule has 25 heavy (non-hydrogen) atoms. The SMILES string of the molecule is NC(CC(=O)N1CCNC(=O)CC1c1ccccc1)c1ccccc1. The normalized spacial score (nSPS) is 19.0. The van der Waals surface area contributed by atoms with Gasteiger partial charge in [0.15, 0.2) is 0 Å². The van der Waals surface area contributed by atoms with Gasteiger partial charge in [-0.25, -0.2) is 0 Å². The van der Waals surface area contributed by atoms with E-state index in [1.165, 1.54) is 0 Å². The Morgan fingerprint density at radius 3 is 2.44 bits per heavy atom. The van der Waals surface area contributed by atoms with Gasteiger partial charge >= 0.3 is 0 Å². The molecule has 0 spiro atoms. The van der Waals surface area contributed by atoms with Gasteiger partial charge in [-0.05, 0) is 11.1 Å². The molecule has 0 radical (unpaired) electrons. The zero-order chi connectivity index (χ0) is 17.6. The van der Waals surface area contributed by atoms with E-state index in [2.05, 4.69) is 5.32 Å². The highest BCUT2D eigenvalue weighted by molar-refractivity contribution is 5.81. The number of rotatable bonds is 4. The van der Waals surface area contributed by atoms with Crippen molar-refractivity contribution in [1.82, 2.24) is 10.2 Å². The lowest BCUT2D eigenvalue weighted by Gasteiger charge is -2.30. The Kier molecular flexibility index (Phi) is 5.46. The molecule has 2 amide bonds. The number of carbonyl (C=O) groups is 2. The first-order chi connectivity index (χ1) is 12.1. The van der Waals surface area contributed by atoms with Crippen molar-refractivity contribution < 1.29 is 9.59 Å². The minimum atomic E-state index is -0.350. The Balaban J connectivity index is 1.79. The molecule has 2 aromatic rings. The topological polar surface area (TPSA) is 75.4 Å². The Morgan fingerprint density at radius 1 is 1.12 bits per heavy atom. The van der Waals surface area contributed by atoms with Crippen molar-refractivity contribution in [2.24, 2.45) is 5.73 Å². The van der Waals surface area contributed by atoms with Gasteiger partial charge < -0.3 is 16.0 Å². The predicted octanol–water partition coefficient (Wildman–Crippen LogP) is 2.17. The Morgan fingerprint density at radius 2 is 1.76 bits per heavy atom. The fourth-order valence-electron chi connectivity index (χ4n) is 3.22. The molecule has 1 aliphatic heterocycles. The van der Waals surface area contributed by atoms with Crippen molar-refractivity contribution in [3.63, 3.8) is 0 Å². The molecule has 2 atom stereocenters. The van der Waals surface area contributed by atoms with Crippen molar-refractivity contribution in [1.29, 1.82) is 0 Å². The van der Waals surface area contributed by atoms with Crippen molar-refractivity contribution in [3.05, 3.63) is 71.8 Å². The van der Waals surface area contributed by atoms with Gasteiger partial charge in [-0.2, -0.15) is 0 Å². The van der Waals surface area contributed by atoms with E-state index in [1.807, 2.05) is 60.7 Å². The summed E-state index contributed by atoms with van der Waals surface area (Å²) in [5.74, 6) is -0.0572. The zero-order valence-electron chi connectivity index (χ0n) is 14.1. The molecule has 130 valence electrons. The van der Waals surface area contributed by atoms with E-state index in [0.29, 0.717) is 13.1 Å². The van der Waals surface area contributed by atoms with Crippen LogP contribution in [0.25, 0.3) is 0 Å². The first-order valence-electron chi connectivity index (χ1n) is 8.57. The summed E-state index contributed by atoms with van der Waals surface area (Å²) in [5, 5.41) is 2.85. The van der Waals surface area contributed by atoms with Crippen LogP contribution in [0.3, 0.4) is 0 Å². The van der Waals surface area contributed by atoms with Crippen LogP contribution in [-0.2, 0) is 9.59 Å². The summed E-state index contributed by atoms with van der Waals surface area (Å²) in [7, 11) is 0. The quantitative estimate of drug-likeness (QED) is 0.898. The van der Waals surface area contributed by atoms with Crippen LogP contribution >= 0.6 is 0 Å². The van der Waals surface area contributed by atoms with Gasteiger partial charge in [-0.1, -0.05) is 60.7 Å². The standard InChI is InChI=1S/C20H23N3O2/c21-17(15-7-3-1-4-8-15)13-20(25)23-12-11-22-19(24)14-18(23)16-9-5-2-6-10-16/h1-10,17-18H,11-14,21H2,(H,22,24). The van der Waals surface area contributed by atoms with Crippen LogP contribution in [0.5, 0.6) is 0 Å². The van der Waals surface area contributed by atoms with Gasteiger partial charge in [0, 0.05) is 25.6 Å². The lowest BCUT2D eigenvalue weighted by Crippen LogP contribution is -2.38. The van der Waals surface area contributed by atoms with Gasteiger partial charge in [-0.15, -0.1) is 0 Å². The summed E-state index contributed by atoms with van der Waals surface area (Å²) in [6, 6.07) is 18.7. The zero-order valence-corrected chi connectivity index (χ0v) is 14.1. The fourth-order valence-corrected chi connectivity index (χ4v) is 3.22. The number of amides is 2. The first kappa shape index (κ1) is 17.2. The fraction of sp³-hybridized carbons (Fsp3) is 0.300. The Labute approximate surface area is 147 Å². The van der Waals surface area contributed by atoms with Crippen LogP contribution in [0.1, 0.15) is 36.1 Å². The molecule has 0 saturated carbocycles. The van der Waals surface area contributed by atoms with Gasteiger partial charge in [-0.3, -0.25) is 9.59 Å². The Bertz CT molecular complexity index is 718. The van der Waals surface area contributed by atoms with E-state index in [0.717, 1.165) is 11.1 Å². The van der Waals surface area contributed by atoms with E-state index in [1.54, 1.807) is 4.90 Å². The van der Waals surface area contributed by atoms with Gasteiger partial charge in [0.05, 0.1) is 12.5 Å². The molecule has 3 N–H and O–H groups in total. The lowest BCUT2D eigenvalue weighted by atomic mass is 9.99. The van der Waals surface area contributed by atoms with E-state index in [-0.39, 0.29) is 36.7 Å². The summed E-state index contributed by atoms with van der Waals surface area (Å²) >= 11 is 0. The molecular weight excluding hydrogens is 314 g/mol. The maximum absolute atomic E-state index is 12.9. The number of hydrogen-bond acceptors (Lipinski definition) is 3. The van der Waals surface area contributed by atoms with Gasteiger partial charge in [0.25, 0.3) is 0 Å². The number of nitrogens with one attached hydrogen (secondary N) is 1. The molecule has 5 heteroatoms. The molecule has 2 aromatic carbocycles. The lowest BCUT2D eigenvalue weighted by molar-refractivity contribution is -0.134. The monoisotopic (exact) mass is 337 g/mol. The average Bonchev–Trinajstić information content (AvgIpc) is 2.84. The molecule has 0 aromatic heterocycles. The highest BCUT2D eigenvalue weighted by atomic mass is 16.2. The summed E-state index contributed by atoms with van der Waals surface area (Å²) in [6.45, 7) is 0.958. The van der Waals surface area contributed by atoms with Gasteiger partial charge in [0.2, 0.25) is 11.8 Å². The summed E-state index contributed by atoms with van der Waals surface area (Å²) in [5.41, 5.74) is 8.14. The minimum absolute atomic E-state index is 0.0262. The summed E-state index contributed by atoms with van der Waals surface area (Å²) in [6.07, 6.45) is 0.498. The Hall–Kier alpha value is -2.66. The number of nitrogens with two attached hydrogens (primary N) is 1. The number of nitrogens with zero attached hydrogens (tertiary/aromatic N) is 1. The van der Waals surface area contributed by atoms with Crippen LogP contribution in [0, 0.1) is 0 Å². The van der Waals surface area contributed by atoms with Crippen molar-refractivity contribution in [3.8, 4) is 0 Å². The second kappa shape index (κ2) is 7.94. The molecular formula is C20H23N3O2. The minimum Gasteiger partial charge on any atom is -0.354 e. The van der Waals surface area contributed by atoms with Gasteiger partial charge in [0.1, 0.15) is 0 Å². The second-order valence-corrected chi connectivity index (χ2v) is 6.29. The molecule has 1 saturated heterocycles. The second-order valence-electron chi connectivity index (χ2n) is 6.29. The van der Waals surface area contributed by atoms with Crippen molar-refractivity contribution in [2.45, 2.75) is 24.9 Å². The molecule has 1 heterocycles. The van der Waals surface area contributed by atoms with Crippen LogP contribution in [0.15, 0.2) is 60.7 Å². The third-order valence-corrected chi connectivity index (χ3v) is 4.56. The molecule has 2 unspecified atom stereocenters. The largest absolute Gasteiger partial charge is 0.354 e. The molecule has 5 nitrogen and oxygen atoms in total. The molecule has 3 rings (SSSR count). The third kappa shape index (κ3) is 4.25. The first-order valence-corrected chi connectivity index (χ1v) is 8.57. The maximum atomic E-state index is 12.9. The van der Waals surface area contributed by atoms with Crippen LogP contribution in [-0.4, -0.2) is 29.8 Å². The average molecular weight is 337 g/mol. The maximum Gasteiger partial charge on any atom is 0.225 e. The van der Waals surface area contributed by atoms with Crippen molar-refractivity contribution >= 4 is 11.8 Å². The molecule has 1 aliphatic rings. The number of hydrogen-bond donors (Lipinski definition) is 2. The van der Waals surface area contributed by atoms with E-state index >= 15 is 0 Å². The summed E-state index contributed by atoms with van der Waals surface area (Å²) in [4.78, 5) is 26.7. The predicted molar refractivity (Wildman–Crippen MR) is 96.5 cm³/mol. The van der Waals surface area contributed by atoms with Crippen LogP contribution in [0.4, 0.5) is 0 Å². The van der Waals surface area contributed by atoms with E-state index in [9.17, 15) is 9.59 Å². The van der Waals surface area contributed by atoms with Crippen LogP contribution < -0.4 is 11.1 Å². The van der Waals surface area contributed by atoms with E-state index < -0.39 is 0 Å². The molecule has 0 bridgehead atoms. The van der Waals surface area contributed by atoms with Crippen molar-refractivity contribution in [2.75, 3.05) is 13.1 Å². The number of benzene rings is 2. The smallest absolute Gasteiger partial charge is 0.225 e. The highest BCUT2D eigenvalue weighted by Gasteiger charge is 2.30. The molecule has 0 aliphatic carbocycles. The van der Waals surface area contributed by atoms with E-state index in [4.69, 9.17) is 5.73 Å².